The van der Waals surface area contributed by atoms with Crippen LogP contribution in [0.25, 0.3) is 0 Å². The second-order valence-corrected chi connectivity index (χ2v) is 2.07. The van der Waals surface area contributed by atoms with Crippen LogP contribution in [0.2, 0.25) is 0 Å². The molecule has 0 aliphatic rings. The van der Waals surface area contributed by atoms with E-state index in [1.165, 1.54) is 0 Å². The Morgan fingerprint density at radius 2 is 1.92 bits per heavy atom. The first kappa shape index (κ1) is 11.9. The first-order chi connectivity index (χ1) is 5.70. The summed E-state index contributed by atoms with van der Waals surface area (Å²) in [7, 11) is 0. The highest BCUT2D eigenvalue weighted by Crippen LogP contribution is 2.31. The third-order valence-corrected chi connectivity index (χ3v) is 1.01. The van der Waals surface area contributed by atoms with Gasteiger partial charge in [-0.3, -0.25) is 0 Å². The Kier molecular flexibility index (Phi) is 3.42. The quantitative estimate of drug-likeness (QED) is 0.420. The molecule has 0 bridgehead atoms. The monoisotopic (exact) mass is 202 g/mol. The summed E-state index contributed by atoms with van der Waals surface area (Å²) < 4.78 is 50.5. The maximum absolute atomic E-state index is 12.2. The third kappa shape index (κ3) is 3.41. The molecule has 0 rings (SSSR count). The average Bonchev–Trinajstić information content (AvgIpc) is 1.98. The molecule has 0 aliphatic carbocycles. The number of aliphatic hydroxyl groups is 1. The molecule has 0 radical (unpaired) electrons. The van der Waals surface area contributed by atoms with Gasteiger partial charge in [0.05, 0.1) is 0 Å². The van der Waals surface area contributed by atoms with E-state index < -0.39 is 24.6 Å². The minimum absolute atomic E-state index is 0.548. The molecule has 0 aromatic rings. The molecular formula is C6H6F4O3. The lowest BCUT2D eigenvalue weighted by Crippen LogP contribution is -2.45. The highest BCUT2D eigenvalue weighted by molar-refractivity contribution is 5.81. The first-order valence-electron chi connectivity index (χ1n) is 2.98. The van der Waals surface area contributed by atoms with E-state index in [0.29, 0.717) is 6.08 Å². The molecule has 0 saturated carbocycles. The van der Waals surface area contributed by atoms with Crippen molar-refractivity contribution in [3.8, 4) is 0 Å². The van der Waals surface area contributed by atoms with E-state index in [-0.39, 0.29) is 0 Å². The van der Waals surface area contributed by atoms with Gasteiger partial charge in [-0.2, -0.15) is 17.6 Å². The van der Waals surface area contributed by atoms with Crippen LogP contribution in [0, 0.1) is 0 Å². The van der Waals surface area contributed by atoms with E-state index in [1.807, 2.05) is 0 Å². The second kappa shape index (κ2) is 3.73. The Morgan fingerprint density at radius 1 is 1.46 bits per heavy atom. The zero-order valence-electron chi connectivity index (χ0n) is 6.27. The Hall–Kier alpha value is -1.11. The van der Waals surface area contributed by atoms with E-state index >= 15 is 0 Å². The smallest absolute Gasteiger partial charge is 0.451 e. The van der Waals surface area contributed by atoms with Gasteiger partial charge in [-0.25, -0.2) is 4.79 Å². The zero-order valence-corrected chi connectivity index (χ0v) is 6.27. The van der Waals surface area contributed by atoms with E-state index in [1.54, 1.807) is 0 Å². The Morgan fingerprint density at radius 3 is 2.23 bits per heavy atom. The van der Waals surface area contributed by atoms with Crippen molar-refractivity contribution in [1.29, 1.82) is 0 Å². The molecule has 0 aromatic carbocycles. The van der Waals surface area contributed by atoms with Crippen molar-refractivity contribution < 1.29 is 32.2 Å². The van der Waals surface area contributed by atoms with Crippen molar-refractivity contribution in [1.82, 2.24) is 0 Å². The van der Waals surface area contributed by atoms with E-state index in [0.717, 1.165) is 0 Å². The van der Waals surface area contributed by atoms with Gasteiger partial charge in [-0.15, -0.1) is 0 Å². The number of ether oxygens (including phenoxy) is 1. The predicted molar refractivity (Wildman–Crippen MR) is 33.3 cm³/mol. The van der Waals surface area contributed by atoms with Crippen molar-refractivity contribution in [2.75, 3.05) is 6.61 Å². The van der Waals surface area contributed by atoms with Gasteiger partial charge in [0.1, 0.15) is 0 Å². The van der Waals surface area contributed by atoms with E-state index in [2.05, 4.69) is 11.3 Å². The molecule has 7 heteroatoms. The lowest BCUT2D eigenvalue weighted by atomic mass is 10.3. The van der Waals surface area contributed by atoms with Crippen molar-refractivity contribution in [3.05, 3.63) is 12.7 Å². The van der Waals surface area contributed by atoms with Crippen LogP contribution in [0.3, 0.4) is 0 Å². The second-order valence-electron chi connectivity index (χ2n) is 2.07. The molecule has 76 valence electrons. The van der Waals surface area contributed by atoms with Crippen molar-refractivity contribution >= 4 is 5.97 Å². The number of alkyl halides is 4. The number of hydrogen-bond donors (Lipinski definition) is 1. The van der Waals surface area contributed by atoms with Crippen molar-refractivity contribution in [2.24, 2.45) is 0 Å². The van der Waals surface area contributed by atoms with Crippen LogP contribution in [0.1, 0.15) is 0 Å². The fraction of sp³-hybridized carbons (Fsp3) is 0.500. The number of carbonyl (C=O) groups excluding carboxylic acids is 1. The Balaban J connectivity index is 4.19. The average molecular weight is 202 g/mol. The van der Waals surface area contributed by atoms with Crippen LogP contribution in [-0.2, 0) is 9.53 Å². The molecule has 0 heterocycles. The highest BCUT2D eigenvalue weighted by Gasteiger charge is 2.56. The molecule has 1 N–H and O–H groups in total. The lowest BCUT2D eigenvalue weighted by Gasteiger charge is -2.20. The summed E-state index contributed by atoms with van der Waals surface area (Å²) >= 11 is 0. The molecule has 13 heavy (non-hydrogen) atoms. The Labute approximate surface area is 70.6 Å². The minimum Gasteiger partial charge on any atom is -0.456 e. The fourth-order valence-electron chi connectivity index (χ4n) is 0.308. The van der Waals surface area contributed by atoms with Gasteiger partial charge in [0, 0.05) is 6.08 Å². The number of esters is 1. The van der Waals surface area contributed by atoms with Crippen LogP contribution in [-0.4, -0.2) is 29.7 Å². The fourth-order valence-corrected chi connectivity index (χ4v) is 0.308. The molecule has 0 amide bonds. The van der Waals surface area contributed by atoms with Crippen molar-refractivity contribution in [3.63, 3.8) is 0 Å². The molecular weight excluding hydrogens is 196 g/mol. The molecule has 0 fully saturated rings. The van der Waals surface area contributed by atoms with E-state index in [4.69, 9.17) is 5.11 Å². The normalized spacial score (nSPS) is 16.1. The topological polar surface area (TPSA) is 46.5 Å². The molecule has 0 aromatic heterocycles. The summed E-state index contributed by atoms with van der Waals surface area (Å²) in [6.45, 7) is 1.06. The van der Waals surface area contributed by atoms with Gasteiger partial charge in [0.2, 0.25) is 0 Å². The molecule has 0 saturated heterocycles. The number of halogens is 4. The predicted octanol–water partition coefficient (Wildman–Crippen LogP) is 0.936. The molecule has 0 spiro atoms. The van der Waals surface area contributed by atoms with Crippen molar-refractivity contribution in [2.45, 2.75) is 12.0 Å². The van der Waals surface area contributed by atoms with Crippen LogP contribution < -0.4 is 0 Å². The van der Waals surface area contributed by atoms with Crippen LogP contribution in [0.5, 0.6) is 0 Å². The summed E-state index contributed by atoms with van der Waals surface area (Å²) in [5.41, 5.74) is 0. The lowest BCUT2D eigenvalue weighted by molar-refractivity contribution is -0.325. The maximum atomic E-state index is 12.2. The minimum atomic E-state index is -5.49. The molecule has 1 unspecified atom stereocenters. The zero-order chi connectivity index (χ0) is 10.7. The summed E-state index contributed by atoms with van der Waals surface area (Å²) in [5.74, 6) is -5.77. The summed E-state index contributed by atoms with van der Waals surface area (Å²) in [4.78, 5) is 10.2. The maximum Gasteiger partial charge on any atom is 0.451 e. The molecule has 3 nitrogen and oxygen atoms in total. The SMILES string of the molecule is C=CC(=O)OCC(O)(F)C(F)(F)F. The molecule has 1 atom stereocenters. The van der Waals surface area contributed by atoms with Gasteiger partial charge in [0.15, 0.2) is 6.61 Å². The third-order valence-electron chi connectivity index (χ3n) is 1.01. The Bertz CT molecular complexity index is 208. The highest BCUT2D eigenvalue weighted by atomic mass is 19.4. The summed E-state index contributed by atoms with van der Waals surface area (Å²) in [5, 5.41) is 8.09. The number of rotatable bonds is 3. The van der Waals surface area contributed by atoms with Crippen LogP contribution in [0.15, 0.2) is 12.7 Å². The van der Waals surface area contributed by atoms with Gasteiger partial charge >= 0.3 is 18.0 Å². The van der Waals surface area contributed by atoms with E-state index in [9.17, 15) is 22.4 Å². The summed E-state index contributed by atoms with van der Waals surface area (Å²) in [6, 6.07) is 0. The largest absolute Gasteiger partial charge is 0.456 e. The van der Waals surface area contributed by atoms with Crippen LogP contribution >= 0.6 is 0 Å². The number of hydrogen-bond acceptors (Lipinski definition) is 3. The van der Waals surface area contributed by atoms with Crippen LogP contribution in [0.4, 0.5) is 17.6 Å². The number of carbonyl (C=O) groups is 1. The standard InChI is InChI=1S/C6H6F4O3/c1-2-4(11)13-3-5(7,12)6(8,9)10/h2,12H,1,3H2. The summed E-state index contributed by atoms with van der Waals surface area (Å²) in [6.07, 6.45) is -4.94. The van der Waals surface area contributed by atoms with Gasteiger partial charge in [-0.05, 0) is 0 Å². The van der Waals surface area contributed by atoms with Gasteiger partial charge in [0.25, 0.3) is 0 Å². The van der Waals surface area contributed by atoms with Gasteiger partial charge in [-0.1, -0.05) is 6.58 Å². The van der Waals surface area contributed by atoms with Gasteiger partial charge < -0.3 is 9.84 Å². The first-order valence-corrected chi connectivity index (χ1v) is 2.98. The molecule has 0 aliphatic heterocycles.